The van der Waals surface area contributed by atoms with Crippen LogP contribution in [-0.2, 0) is 30.4 Å². The van der Waals surface area contributed by atoms with Crippen molar-refractivity contribution in [1.82, 2.24) is 10.6 Å². The van der Waals surface area contributed by atoms with Crippen molar-refractivity contribution in [3.05, 3.63) is 60.7 Å². The Bertz CT molecular complexity index is 1220. The summed E-state index contributed by atoms with van der Waals surface area (Å²) in [6, 6.07) is 6.17. The Kier molecular flexibility index (Phi) is 12.4. The average molecular weight is 624 g/mol. The molecule has 2 N–H and O–H groups in total. The summed E-state index contributed by atoms with van der Waals surface area (Å²) in [7, 11) is 1.66. The van der Waals surface area contributed by atoms with Crippen LogP contribution in [0.2, 0.25) is 0 Å². The van der Waals surface area contributed by atoms with Gasteiger partial charge in [-0.25, -0.2) is 0 Å². The monoisotopic (exact) mass is 623 g/mol. The van der Waals surface area contributed by atoms with Gasteiger partial charge in [0, 0.05) is 63.6 Å². The first-order valence-corrected chi connectivity index (χ1v) is 16.4. The molecule has 9 heteroatoms. The highest BCUT2D eigenvalue weighted by Gasteiger charge is 2.46. The first kappa shape index (κ1) is 34.9. The molecule has 45 heavy (non-hydrogen) atoms. The van der Waals surface area contributed by atoms with Gasteiger partial charge in [-0.05, 0) is 69.1 Å². The van der Waals surface area contributed by atoms with Crippen LogP contribution in [0.1, 0.15) is 64.9 Å². The number of fused-ring (bicyclic) bond motifs is 1. The third-order valence-electron chi connectivity index (χ3n) is 9.30. The lowest BCUT2D eigenvalue weighted by atomic mass is 9.82. The van der Waals surface area contributed by atoms with Crippen molar-refractivity contribution in [1.29, 1.82) is 0 Å². The van der Waals surface area contributed by atoms with Gasteiger partial charge in [-0.15, -0.1) is 0 Å². The molecule has 3 aliphatic rings. The van der Waals surface area contributed by atoms with Crippen LogP contribution in [0.3, 0.4) is 0 Å². The molecule has 1 aromatic rings. The van der Waals surface area contributed by atoms with E-state index in [1.807, 2.05) is 32.0 Å². The van der Waals surface area contributed by atoms with E-state index < -0.39 is 11.0 Å². The quantitative estimate of drug-likeness (QED) is 0.207. The predicted octanol–water partition coefficient (Wildman–Crippen LogP) is 5.10. The van der Waals surface area contributed by atoms with E-state index in [0.29, 0.717) is 43.4 Å². The molecule has 0 aromatic heterocycles. The number of carbonyl (C=O) groups is 2. The van der Waals surface area contributed by atoms with Gasteiger partial charge in [0.1, 0.15) is 5.75 Å². The minimum absolute atomic E-state index is 0.0703. The van der Waals surface area contributed by atoms with E-state index in [-0.39, 0.29) is 24.0 Å². The molecule has 1 aromatic carbocycles. The molecule has 3 atom stereocenters. The Morgan fingerprint density at radius 2 is 2.00 bits per heavy atom. The lowest BCUT2D eigenvalue weighted by Gasteiger charge is -2.41. The molecule has 0 radical (unpaired) electrons. The summed E-state index contributed by atoms with van der Waals surface area (Å²) in [5.41, 5.74) is 0.701. The van der Waals surface area contributed by atoms with Gasteiger partial charge in [0.2, 0.25) is 11.5 Å². The number of ether oxygens (including phenoxy) is 4. The van der Waals surface area contributed by atoms with Crippen molar-refractivity contribution in [2.24, 2.45) is 11.3 Å². The zero-order chi connectivity index (χ0) is 32.5. The molecule has 9 nitrogen and oxygen atoms in total. The summed E-state index contributed by atoms with van der Waals surface area (Å²) in [4.78, 5) is 28.6. The normalized spacial score (nSPS) is 24.5. The van der Waals surface area contributed by atoms with Crippen LogP contribution in [0.15, 0.2) is 55.2 Å². The van der Waals surface area contributed by atoms with E-state index in [1.54, 1.807) is 37.2 Å². The van der Waals surface area contributed by atoms with Gasteiger partial charge >= 0.3 is 0 Å². The van der Waals surface area contributed by atoms with Crippen LogP contribution in [0.25, 0.3) is 0 Å². The Hall–Kier alpha value is -2.98. The smallest absolute Gasteiger partial charge is 0.275 e. The Labute approximate surface area is 269 Å². The van der Waals surface area contributed by atoms with E-state index in [0.717, 1.165) is 69.7 Å². The van der Waals surface area contributed by atoms with Gasteiger partial charge in [-0.2, -0.15) is 0 Å². The fourth-order valence-electron chi connectivity index (χ4n) is 6.46. The molecular formula is C36H53N3O6. The summed E-state index contributed by atoms with van der Waals surface area (Å²) >= 11 is 0. The van der Waals surface area contributed by atoms with E-state index in [4.69, 9.17) is 18.9 Å². The lowest BCUT2D eigenvalue weighted by Crippen LogP contribution is -2.55. The van der Waals surface area contributed by atoms with Crippen molar-refractivity contribution < 1.29 is 28.5 Å². The Balaban J connectivity index is 1.32. The van der Waals surface area contributed by atoms with Gasteiger partial charge < -0.3 is 34.5 Å². The minimum Gasteiger partial charge on any atom is -0.471 e. The molecule has 3 heterocycles. The molecule has 4 rings (SSSR count). The van der Waals surface area contributed by atoms with Crippen LogP contribution in [0.5, 0.6) is 5.75 Å². The fourth-order valence-corrected chi connectivity index (χ4v) is 6.46. The molecule has 0 unspecified atom stereocenters. The molecule has 0 bridgehead atoms. The number of hydrogen-bond acceptors (Lipinski definition) is 7. The van der Waals surface area contributed by atoms with Crippen molar-refractivity contribution >= 4 is 17.5 Å². The SMILES string of the molecule is C=C/C=C(\C=C)[C@]1(C)Oc2ccc(CO[C@@H]3CC[C@@H](CC(C)(C)C(=O)NCC4CCOCC4)NC3)cc2N(CCCOC)C1=O. The number of hydrogen-bond donors (Lipinski definition) is 2. The van der Waals surface area contributed by atoms with Crippen LogP contribution in [0, 0.1) is 11.3 Å². The van der Waals surface area contributed by atoms with E-state index >= 15 is 0 Å². The van der Waals surface area contributed by atoms with Crippen LogP contribution >= 0.6 is 0 Å². The number of nitrogens with one attached hydrogen (secondary N) is 2. The van der Waals surface area contributed by atoms with Gasteiger partial charge in [0.05, 0.1) is 18.4 Å². The van der Waals surface area contributed by atoms with Crippen LogP contribution in [0.4, 0.5) is 5.69 Å². The molecular weight excluding hydrogens is 570 g/mol. The third kappa shape index (κ3) is 8.85. The number of amides is 2. The first-order chi connectivity index (χ1) is 21.6. The number of piperidine rings is 1. The second-order valence-electron chi connectivity index (χ2n) is 13.3. The topological polar surface area (TPSA) is 98.4 Å². The zero-order valence-corrected chi connectivity index (χ0v) is 27.7. The van der Waals surface area contributed by atoms with E-state index in [1.165, 1.54) is 0 Å². The maximum absolute atomic E-state index is 13.8. The summed E-state index contributed by atoms with van der Waals surface area (Å²) < 4.78 is 23.4. The highest BCUT2D eigenvalue weighted by Crippen LogP contribution is 2.42. The average Bonchev–Trinajstić information content (AvgIpc) is 3.04. The summed E-state index contributed by atoms with van der Waals surface area (Å²) in [5.74, 6) is 1.12. The number of benzene rings is 1. The van der Waals surface area contributed by atoms with E-state index in [2.05, 4.69) is 23.8 Å². The predicted molar refractivity (Wildman–Crippen MR) is 177 cm³/mol. The van der Waals surface area contributed by atoms with Gasteiger partial charge in [0.15, 0.2) is 0 Å². The van der Waals surface area contributed by atoms with Crippen molar-refractivity contribution in [2.45, 2.75) is 83.6 Å². The number of nitrogens with zero attached hydrogens (tertiary/aromatic N) is 1. The standard InChI is InChI=1S/C36H53N3O6/c1-7-10-28(8-2)36(5)34(41)39(17-9-18-42-6)31-21-27(11-14-32(31)45-36)25-44-30-13-12-29(37-24-30)22-35(3,4)33(40)38-23-26-15-19-43-20-16-26/h7-8,10-11,14,21,26,29-30,37H,1-2,9,12-13,15-20,22-25H2,3-6H3,(H,38,40)/b28-10+/t29-,30+,36-/m0/s1. The highest BCUT2D eigenvalue weighted by atomic mass is 16.5. The zero-order valence-electron chi connectivity index (χ0n) is 27.7. The second kappa shape index (κ2) is 16.0. The number of allylic oxidation sites excluding steroid dienone is 2. The van der Waals surface area contributed by atoms with Gasteiger partial charge in [-0.3, -0.25) is 9.59 Å². The fraction of sp³-hybridized carbons (Fsp3) is 0.611. The Morgan fingerprint density at radius 1 is 1.22 bits per heavy atom. The van der Waals surface area contributed by atoms with Crippen LogP contribution in [-0.4, -0.2) is 76.1 Å². The van der Waals surface area contributed by atoms with Crippen molar-refractivity contribution in [3.63, 3.8) is 0 Å². The molecule has 2 amide bonds. The molecule has 0 spiro atoms. The third-order valence-corrected chi connectivity index (χ3v) is 9.30. The minimum atomic E-state index is -1.21. The molecule has 2 saturated heterocycles. The van der Waals surface area contributed by atoms with Crippen molar-refractivity contribution in [3.8, 4) is 5.75 Å². The number of anilines is 1. The summed E-state index contributed by atoms with van der Waals surface area (Å²) in [5, 5.41) is 6.81. The van der Waals surface area contributed by atoms with Crippen molar-refractivity contribution in [2.75, 3.05) is 51.5 Å². The number of methoxy groups -OCH3 is 1. The van der Waals surface area contributed by atoms with E-state index in [9.17, 15) is 9.59 Å². The number of carbonyl (C=O) groups excluding carboxylic acids is 2. The lowest BCUT2D eigenvalue weighted by molar-refractivity contribution is -0.131. The van der Waals surface area contributed by atoms with Gasteiger partial charge in [-0.1, -0.05) is 51.3 Å². The molecule has 0 saturated carbocycles. The molecule has 0 aliphatic carbocycles. The second-order valence-corrected chi connectivity index (χ2v) is 13.3. The van der Waals surface area contributed by atoms with Crippen LogP contribution < -0.4 is 20.3 Å². The molecule has 2 fully saturated rings. The largest absolute Gasteiger partial charge is 0.471 e. The molecule has 248 valence electrons. The van der Waals surface area contributed by atoms with Gasteiger partial charge in [0.25, 0.3) is 5.91 Å². The number of rotatable bonds is 15. The first-order valence-electron chi connectivity index (χ1n) is 16.4. The summed E-state index contributed by atoms with van der Waals surface area (Å²) in [6.07, 6.45) is 10.5. The molecule has 3 aliphatic heterocycles. The maximum Gasteiger partial charge on any atom is 0.275 e. The Morgan fingerprint density at radius 3 is 2.67 bits per heavy atom. The maximum atomic E-state index is 13.8. The summed E-state index contributed by atoms with van der Waals surface area (Å²) in [6.45, 7) is 18.0. The highest BCUT2D eigenvalue weighted by molar-refractivity contribution is 6.05.